The van der Waals surface area contributed by atoms with Gasteiger partial charge in [-0.25, -0.2) is 9.37 Å². The molecular formula is C13H15BrClFN2S. The van der Waals surface area contributed by atoms with Crippen LogP contribution in [0.5, 0.6) is 0 Å². The summed E-state index contributed by atoms with van der Waals surface area (Å²) in [5, 5.41) is 0. The van der Waals surface area contributed by atoms with Crippen LogP contribution in [0.3, 0.4) is 0 Å². The molecule has 0 spiro atoms. The SMILES string of the molecule is CSC(C)(C)Cn1c(CCl)nc2cc(F)c(Br)cc21. The van der Waals surface area contributed by atoms with Crippen molar-refractivity contribution in [3.8, 4) is 0 Å². The van der Waals surface area contributed by atoms with Crippen LogP contribution in [0.15, 0.2) is 16.6 Å². The van der Waals surface area contributed by atoms with Gasteiger partial charge in [0, 0.05) is 17.4 Å². The van der Waals surface area contributed by atoms with E-state index in [1.807, 2.05) is 0 Å². The van der Waals surface area contributed by atoms with Crippen LogP contribution in [0, 0.1) is 5.82 Å². The predicted molar refractivity (Wildman–Crippen MR) is 84.5 cm³/mol. The van der Waals surface area contributed by atoms with Gasteiger partial charge in [-0.15, -0.1) is 11.6 Å². The van der Waals surface area contributed by atoms with E-state index in [9.17, 15) is 4.39 Å². The number of aromatic nitrogens is 2. The van der Waals surface area contributed by atoms with Crippen LogP contribution in [-0.2, 0) is 12.4 Å². The van der Waals surface area contributed by atoms with E-state index >= 15 is 0 Å². The highest BCUT2D eigenvalue weighted by Gasteiger charge is 2.21. The summed E-state index contributed by atoms with van der Waals surface area (Å²) in [6, 6.07) is 3.21. The van der Waals surface area contributed by atoms with E-state index in [2.05, 4.69) is 45.6 Å². The standard InChI is InChI=1S/C13H15BrClFN2S/c1-13(2,19-3)7-18-11-4-8(14)9(16)5-10(11)17-12(18)6-15/h4-5H,6-7H2,1-3H3. The van der Waals surface area contributed by atoms with Crippen LogP contribution in [0.2, 0.25) is 0 Å². The van der Waals surface area contributed by atoms with Crippen LogP contribution < -0.4 is 0 Å². The molecule has 1 heterocycles. The number of thioether (sulfide) groups is 1. The summed E-state index contributed by atoms with van der Waals surface area (Å²) in [6.45, 7) is 5.12. The molecule has 0 amide bonds. The zero-order valence-electron chi connectivity index (χ0n) is 11.0. The first kappa shape index (κ1) is 15.1. The Labute approximate surface area is 129 Å². The van der Waals surface area contributed by atoms with Gasteiger partial charge in [0.25, 0.3) is 0 Å². The fraction of sp³-hybridized carbons (Fsp3) is 0.462. The van der Waals surface area contributed by atoms with Gasteiger partial charge in [-0.2, -0.15) is 11.8 Å². The molecule has 0 unspecified atom stereocenters. The Balaban J connectivity index is 2.60. The number of halogens is 3. The predicted octanol–water partition coefficient (Wildman–Crippen LogP) is 4.82. The fourth-order valence-corrected chi connectivity index (χ4v) is 2.69. The van der Waals surface area contributed by atoms with Gasteiger partial charge in [0.2, 0.25) is 0 Å². The Bertz CT molecular complexity index is 612. The average Bonchev–Trinajstić information content (AvgIpc) is 2.67. The second-order valence-electron chi connectivity index (χ2n) is 4.97. The number of hydrogen-bond donors (Lipinski definition) is 0. The summed E-state index contributed by atoms with van der Waals surface area (Å²) in [5.41, 5.74) is 1.55. The molecule has 0 saturated heterocycles. The van der Waals surface area contributed by atoms with Gasteiger partial charge in [0.15, 0.2) is 0 Å². The molecule has 0 N–H and O–H groups in total. The molecule has 0 atom stereocenters. The number of fused-ring (bicyclic) bond motifs is 1. The lowest BCUT2D eigenvalue weighted by Gasteiger charge is -2.24. The second kappa shape index (κ2) is 5.62. The Morgan fingerprint density at radius 1 is 1.47 bits per heavy atom. The average molecular weight is 366 g/mol. The van der Waals surface area contributed by atoms with Crippen LogP contribution in [0.25, 0.3) is 11.0 Å². The molecule has 104 valence electrons. The van der Waals surface area contributed by atoms with Crippen LogP contribution in [0.1, 0.15) is 19.7 Å². The normalized spacial score (nSPS) is 12.3. The summed E-state index contributed by atoms with van der Waals surface area (Å²) in [5.74, 6) is 0.789. The smallest absolute Gasteiger partial charge is 0.139 e. The van der Waals surface area contributed by atoms with Crippen molar-refractivity contribution in [3.63, 3.8) is 0 Å². The van der Waals surface area contributed by atoms with Crippen LogP contribution >= 0.6 is 39.3 Å². The summed E-state index contributed by atoms with van der Waals surface area (Å²) in [6.07, 6.45) is 2.08. The Morgan fingerprint density at radius 3 is 2.74 bits per heavy atom. The lowest BCUT2D eigenvalue weighted by molar-refractivity contribution is 0.566. The first-order valence-corrected chi connectivity index (χ1v) is 8.38. The van der Waals surface area contributed by atoms with Crippen molar-refractivity contribution in [2.24, 2.45) is 0 Å². The summed E-state index contributed by atoms with van der Waals surface area (Å²) < 4.78 is 16.2. The van der Waals surface area contributed by atoms with E-state index in [-0.39, 0.29) is 10.6 Å². The van der Waals surface area contributed by atoms with Gasteiger partial charge in [0.1, 0.15) is 11.6 Å². The van der Waals surface area contributed by atoms with Crippen molar-refractivity contribution in [1.29, 1.82) is 0 Å². The molecule has 2 aromatic rings. The first-order valence-electron chi connectivity index (χ1n) is 5.83. The van der Waals surface area contributed by atoms with Crippen LogP contribution in [0.4, 0.5) is 4.39 Å². The molecule has 6 heteroatoms. The monoisotopic (exact) mass is 364 g/mol. The number of nitrogens with zero attached hydrogens (tertiary/aromatic N) is 2. The summed E-state index contributed by atoms with van der Waals surface area (Å²) in [4.78, 5) is 4.41. The van der Waals surface area contributed by atoms with Gasteiger partial charge < -0.3 is 4.57 Å². The molecule has 19 heavy (non-hydrogen) atoms. The third-order valence-corrected chi connectivity index (χ3v) is 5.16. The molecule has 0 aliphatic rings. The molecule has 0 fully saturated rings. The molecule has 0 saturated carbocycles. The first-order chi connectivity index (χ1) is 8.88. The van der Waals surface area contributed by atoms with Crippen molar-refractivity contribution < 1.29 is 4.39 Å². The molecule has 0 bridgehead atoms. The molecule has 2 rings (SSSR count). The highest BCUT2D eigenvalue weighted by Crippen LogP contribution is 2.29. The maximum Gasteiger partial charge on any atom is 0.139 e. The van der Waals surface area contributed by atoms with E-state index in [0.717, 1.165) is 17.9 Å². The summed E-state index contributed by atoms with van der Waals surface area (Å²) in [7, 11) is 0. The van der Waals surface area contributed by atoms with E-state index < -0.39 is 0 Å². The van der Waals surface area contributed by atoms with Gasteiger partial charge >= 0.3 is 0 Å². The number of alkyl halides is 1. The molecule has 1 aromatic carbocycles. The number of benzene rings is 1. The maximum absolute atomic E-state index is 13.6. The molecular weight excluding hydrogens is 351 g/mol. The largest absolute Gasteiger partial charge is 0.326 e. The fourth-order valence-electron chi connectivity index (χ4n) is 1.89. The topological polar surface area (TPSA) is 17.8 Å². The van der Waals surface area contributed by atoms with Crippen molar-refractivity contribution in [2.45, 2.75) is 31.0 Å². The van der Waals surface area contributed by atoms with E-state index in [1.165, 1.54) is 6.07 Å². The van der Waals surface area contributed by atoms with E-state index in [4.69, 9.17) is 11.6 Å². The van der Waals surface area contributed by atoms with Gasteiger partial charge in [-0.3, -0.25) is 0 Å². The zero-order valence-corrected chi connectivity index (χ0v) is 14.2. The minimum atomic E-state index is -0.303. The third-order valence-electron chi connectivity index (χ3n) is 3.08. The highest BCUT2D eigenvalue weighted by atomic mass is 79.9. The summed E-state index contributed by atoms with van der Waals surface area (Å²) >= 11 is 11.0. The van der Waals surface area contributed by atoms with Crippen molar-refractivity contribution in [3.05, 3.63) is 28.2 Å². The second-order valence-corrected chi connectivity index (χ2v) is 7.60. The number of rotatable bonds is 4. The van der Waals surface area contributed by atoms with Crippen LogP contribution in [-0.4, -0.2) is 20.6 Å². The van der Waals surface area contributed by atoms with Crippen molar-refractivity contribution in [1.82, 2.24) is 9.55 Å². The Hall–Kier alpha value is -0.260. The molecule has 0 aliphatic heterocycles. The molecule has 0 radical (unpaired) electrons. The minimum Gasteiger partial charge on any atom is -0.326 e. The Kier molecular flexibility index (Phi) is 4.48. The lowest BCUT2D eigenvalue weighted by atomic mass is 10.2. The Morgan fingerprint density at radius 2 is 2.16 bits per heavy atom. The van der Waals surface area contributed by atoms with Crippen molar-refractivity contribution in [2.75, 3.05) is 6.26 Å². The highest BCUT2D eigenvalue weighted by molar-refractivity contribution is 9.10. The van der Waals surface area contributed by atoms with Crippen molar-refractivity contribution >= 4 is 50.3 Å². The minimum absolute atomic E-state index is 0.0648. The lowest BCUT2D eigenvalue weighted by Crippen LogP contribution is -2.23. The number of imidazole rings is 1. The van der Waals surface area contributed by atoms with Gasteiger partial charge in [-0.05, 0) is 42.1 Å². The third kappa shape index (κ3) is 3.09. The van der Waals surface area contributed by atoms with E-state index in [1.54, 1.807) is 17.8 Å². The molecule has 0 aliphatic carbocycles. The van der Waals surface area contributed by atoms with Gasteiger partial charge in [0.05, 0.1) is 21.4 Å². The number of hydrogen-bond acceptors (Lipinski definition) is 2. The molecule has 2 nitrogen and oxygen atoms in total. The quantitative estimate of drug-likeness (QED) is 0.723. The maximum atomic E-state index is 13.6. The zero-order chi connectivity index (χ0) is 14.2. The van der Waals surface area contributed by atoms with Gasteiger partial charge in [-0.1, -0.05) is 0 Å². The molecule has 1 aromatic heterocycles. The van der Waals surface area contributed by atoms with E-state index in [0.29, 0.717) is 15.9 Å².